The molecule has 1 N–H and O–H groups in total. The smallest absolute Gasteiger partial charge is 0.222 e. The Labute approximate surface area is 135 Å². The van der Waals surface area contributed by atoms with Gasteiger partial charge in [-0.2, -0.15) is 0 Å². The van der Waals surface area contributed by atoms with E-state index in [4.69, 9.17) is 27.9 Å². The molecule has 1 heterocycles. The van der Waals surface area contributed by atoms with Gasteiger partial charge >= 0.3 is 0 Å². The molecule has 1 aromatic rings. The van der Waals surface area contributed by atoms with E-state index in [2.05, 4.69) is 10.2 Å². The van der Waals surface area contributed by atoms with Crippen LogP contribution in [0.25, 0.3) is 0 Å². The van der Waals surface area contributed by atoms with Crippen molar-refractivity contribution >= 4 is 29.1 Å². The lowest BCUT2D eigenvalue weighted by Crippen LogP contribution is -2.41. The first-order chi connectivity index (χ1) is 10.1. The molecule has 0 saturated carbocycles. The van der Waals surface area contributed by atoms with Crippen molar-refractivity contribution in [2.45, 2.75) is 12.8 Å². The Morgan fingerprint density at radius 3 is 2.71 bits per heavy atom. The lowest BCUT2D eigenvalue weighted by molar-refractivity contribution is -0.125. The number of nitrogens with one attached hydrogen (secondary N) is 1. The predicted octanol–water partition coefficient (Wildman–Crippen LogP) is 2.83. The van der Waals surface area contributed by atoms with E-state index in [1.165, 1.54) is 0 Å². The Kier molecular flexibility index (Phi) is 6.15. The molecule has 0 atom stereocenters. The molecule has 0 radical (unpaired) electrons. The zero-order valence-corrected chi connectivity index (χ0v) is 13.6. The van der Waals surface area contributed by atoms with Crippen molar-refractivity contribution in [2.24, 2.45) is 5.92 Å². The van der Waals surface area contributed by atoms with Gasteiger partial charge in [0.1, 0.15) is 12.4 Å². The van der Waals surface area contributed by atoms with Gasteiger partial charge in [-0.15, -0.1) is 0 Å². The molecule has 21 heavy (non-hydrogen) atoms. The highest BCUT2D eigenvalue weighted by Gasteiger charge is 2.23. The highest BCUT2D eigenvalue weighted by Crippen LogP contribution is 2.27. The van der Waals surface area contributed by atoms with Crippen LogP contribution in [0.15, 0.2) is 18.2 Å². The lowest BCUT2D eigenvalue weighted by Gasteiger charge is -2.30. The van der Waals surface area contributed by atoms with Crippen molar-refractivity contribution in [3.8, 4) is 5.75 Å². The first kappa shape index (κ1) is 16.4. The molecule has 0 spiro atoms. The van der Waals surface area contributed by atoms with Gasteiger partial charge in [0.25, 0.3) is 0 Å². The van der Waals surface area contributed by atoms with E-state index in [1.54, 1.807) is 25.2 Å². The van der Waals surface area contributed by atoms with Gasteiger partial charge in [0.2, 0.25) is 5.91 Å². The summed E-state index contributed by atoms with van der Waals surface area (Å²) in [5.41, 5.74) is 0. The Balaban J connectivity index is 1.71. The second kappa shape index (κ2) is 7.87. The topological polar surface area (TPSA) is 41.6 Å². The van der Waals surface area contributed by atoms with E-state index in [0.717, 1.165) is 32.5 Å². The predicted molar refractivity (Wildman–Crippen MR) is 85.2 cm³/mol. The van der Waals surface area contributed by atoms with Crippen LogP contribution in [-0.2, 0) is 4.79 Å². The highest BCUT2D eigenvalue weighted by atomic mass is 35.5. The molecule has 0 unspecified atom stereocenters. The number of carbonyl (C=O) groups excluding carboxylic acids is 1. The van der Waals surface area contributed by atoms with Gasteiger partial charge in [-0.3, -0.25) is 9.69 Å². The fourth-order valence-electron chi connectivity index (χ4n) is 2.50. The molecule has 1 amide bonds. The third-order valence-corrected chi connectivity index (χ3v) is 4.29. The van der Waals surface area contributed by atoms with E-state index in [1.807, 2.05) is 0 Å². The van der Waals surface area contributed by atoms with E-state index in [-0.39, 0.29) is 11.8 Å². The highest BCUT2D eigenvalue weighted by molar-refractivity contribution is 6.35. The van der Waals surface area contributed by atoms with Gasteiger partial charge < -0.3 is 10.1 Å². The second-order valence-electron chi connectivity index (χ2n) is 5.15. The Bertz CT molecular complexity index is 489. The third-order valence-electron chi connectivity index (χ3n) is 3.76. The fraction of sp³-hybridized carbons (Fsp3) is 0.533. The molecule has 1 aromatic carbocycles. The van der Waals surface area contributed by atoms with E-state index >= 15 is 0 Å². The SMILES string of the molecule is CNC(=O)C1CCN(CCOc2ccc(Cl)cc2Cl)CC1. The molecule has 2 rings (SSSR count). The molecule has 1 saturated heterocycles. The summed E-state index contributed by atoms with van der Waals surface area (Å²) < 4.78 is 5.68. The van der Waals surface area contributed by atoms with Crippen molar-refractivity contribution in [3.05, 3.63) is 28.2 Å². The van der Waals surface area contributed by atoms with Crippen LogP contribution in [0.1, 0.15) is 12.8 Å². The number of rotatable bonds is 5. The monoisotopic (exact) mass is 330 g/mol. The maximum atomic E-state index is 11.6. The van der Waals surface area contributed by atoms with Gasteiger partial charge in [-0.1, -0.05) is 23.2 Å². The van der Waals surface area contributed by atoms with Crippen LogP contribution < -0.4 is 10.1 Å². The normalized spacial score (nSPS) is 16.7. The number of ether oxygens (including phenoxy) is 1. The molecular formula is C15H20Cl2N2O2. The quantitative estimate of drug-likeness (QED) is 0.902. The number of likely N-dealkylation sites (tertiary alicyclic amines) is 1. The van der Waals surface area contributed by atoms with E-state index in [9.17, 15) is 4.79 Å². The van der Waals surface area contributed by atoms with E-state index in [0.29, 0.717) is 22.4 Å². The Hall–Kier alpha value is -0.970. The molecule has 1 aliphatic heterocycles. The standard InChI is InChI=1S/C15H20Cl2N2O2/c1-18-15(20)11-4-6-19(7-5-11)8-9-21-14-3-2-12(16)10-13(14)17/h2-3,10-11H,4-9H2,1H3,(H,18,20). The molecule has 1 aliphatic rings. The zero-order chi connectivity index (χ0) is 15.2. The van der Waals surface area contributed by atoms with Crippen molar-refractivity contribution < 1.29 is 9.53 Å². The number of nitrogens with zero attached hydrogens (tertiary/aromatic N) is 1. The molecule has 0 aliphatic carbocycles. The summed E-state index contributed by atoms with van der Waals surface area (Å²) in [6, 6.07) is 5.22. The van der Waals surface area contributed by atoms with Gasteiger partial charge in [-0.25, -0.2) is 0 Å². The minimum absolute atomic E-state index is 0.151. The van der Waals surface area contributed by atoms with Crippen molar-refractivity contribution in [2.75, 3.05) is 33.3 Å². The number of piperidine rings is 1. The molecule has 4 nitrogen and oxygen atoms in total. The van der Waals surface area contributed by atoms with Crippen LogP contribution in [0.3, 0.4) is 0 Å². The van der Waals surface area contributed by atoms with Crippen LogP contribution in [-0.4, -0.2) is 44.1 Å². The second-order valence-corrected chi connectivity index (χ2v) is 6.00. The number of carbonyl (C=O) groups is 1. The summed E-state index contributed by atoms with van der Waals surface area (Å²) in [4.78, 5) is 13.9. The van der Waals surface area contributed by atoms with Gasteiger partial charge in [0.15, 0.2) is 0 Å². The number of halogens is 2. The lowest BCUT2D eigenvalue weighted by atomic mass is 9.96. The number of benzene rings is 1. The minimum Gasteiger partial charge on any atom is -0.491 e. The van der Waals surface area contributed by atoms with E-state index < -0.39 is 0 Å². The minimum atomic E-state index is 0.151. The van der Waals surface area contributed by atoms with Crippen LogP contribution in [0.4, 0.5) is 0 Å². The number of amides is 1. The summed E-state index contributed by atoms with van der Waals surface area (Å²) in [7, 11) is 1.69. The van der Waals surface area contributed by atoms with Gasteiger partial charge in [-0.05, 0) is 44.1 Å². The summed E-state index contributed by atoms with van der Waals surface area (Å²) in [6.07, 6.45) is 1.81. The molecular weight excluding hydrogens is 311 g/mol. The molecule has 116 valence electrons. The van der Waals surface area contributed by atoms with Crippen molar-refractivity contribution in [1.82, 2.24) is 10.2 Å². The molecule has 6 heteroatoms. The first-order valence-electron chi connectivity index (χ1n) is 7.12. The van der Waals surface area contributed by atoms with Gasteiger partial charge in [0.05, 0.1) is 5.02 Å². The zero-order valence-electron chi connectivity index (χ0n) is 12.1. The summed E-state index contributed by atoms with van der Waals surface area (Å²) in [5, 5.41) is 3.85. The molecule has 0 aromatic heterocycles. The first-order valence-corrected chi connectivity index (χ1v) is 7.87. The van der Waals surface area contributed by atoms with Crippen molar-refractivity contribution in [1.29, 1.82) is 0 Å². The van der Waals surface area contributed by atoms with Crippen LogP contribution in [0, 0.1) is 5.92 Å². The molecule has 1 fully saturated rings. The Morgan fingerprint density at radius 2 is 2.10 bits per heavy atom. The summed E-state index contributed by atoms with van der Waals surface area (Å²) in [5.74, 6) is 0.957. The van der Waals surface area contributed by atoms with Crippen LogP contribution >= 0.6 is 23.2 Å². The van der Waals surface area contributed by atoms with Crippen LogP contribution in [0.2, 0.25) is 10.0 Å². The van der Waals surface area contributed by atoms with Crippen LogP contribution in [0.5, 0.6) is 5.75 Å². The van der Waals surface area contributed by atoms with Crippen molar-refractivity contribution in [3.63, 3.8) is 0 Å². The largest absolute Gasteiger partial charge is 0.491 e. The Morgan fingerprint density at radius 1 is 1.38 bits per heavy atom. The number of hydrogen-bond acceptors (Lipinski definition) is 3. The van der Waals surface area contributed by atoms with Gasteiger partial charge in [0, 0.05) is 24.5 Å². The summed E-state index contributed by atoms with van der Waals surface area (Å²) in [6.45, 7) is 3.26. The third kappa shape index (κ3) is 4.77. The average molecular weight is 331 g/mol. The maximum absolute atomic E-state index is 11.6. The average Bonchev–Trinajstić information content (AvgIpc) is 2.49. The fourth-order valence-corrected chi connectivity index (χ4v) is 2.96. The number of hydrogen-bond donors (Lipinski definition) is 1. The maximum Gasteiger partial charge on any atom is 0.222 e. The molecule has 0 bridgehead atoms. The summed E-state index contributed by atoms with van der Waals surface area (Å²) >= 11 is 11.9.